The molecule has 0 heterocycles. The maximum atomic E-state index is 10.7. The van der Waals surface area contributed by atoms with E-state index in [2.05, 4.69) is 6.92 Å². The molecule has 0 amide bonds. The van der Waals surface area contributed by atoms with E-state index in [-0.39, 0.29) is 11.8 Å². The van der Waals surface area contributed by atoms with Gasteiger partial charge in [-0.15, -0.1) is 0 Å². The Balaban J connectivity index is 3.72. The average molecular weight is 172 g/mol. The van der Waals surface area contributed by atoms with Crippen molar-refractivity contribution in [2.45, 2.75) is 46.5 Å². The number of unbranched alkanes of at least 4 members (excludes halogenated alkanes) is 2. The van der Waals surface area contributed by atoms with Crippen LogP contribution >= 0.6 is 0 Å². The molecule has 1 atom stereocenters. The van der Waals surface area contributed by atoms with Gasteiger partial charge in [-0.05, 0) is 12.3 Å². The Labute approximate surface area is 75.0 Å². The molecule has 0 bridgehead atoms. The van der Waals surface area contributed by atoms with Crippen molar-refractivity contribution in [3.63, 3.8) is 0 Å². The number of hydrogen-bond acceptors (Lipinski definition) is 1. The van der Waals surface area contributed by atoms with Gasteiger partial charge in [0, 0.05) is 0 Å². The summed E-state index contributed by atoms with van der Waals surface area (Å²) >= 11 is 0. The van der Waals surface area contributed by atoms with Crippen molar-refractivity contribution in [2.24, 2.45) is 11.8 Å². The van der Waals surface area contributed by atoms with Gasteiger partial charge in [0.15, 0.2) is 0 Å². The molecule has 0 aromatic carbocycles. The molecule has 12 heavy (non-hydrogen) atoms. The third-order valence-electron chi connectivity index (χ3n) is 2.24. The van der Waals surface area contributed by atoms with Gasteiger partial charge in [-0.2, -0.15) is 0 Å². The molecular formula is C10H20O2. The Morgan fingerprint density at radius 1 is 1.33 bits per heavy atom. The van der Waals surface area contributed by atoms with Gasteiger partial charge in [0.25, 0.3) is 0 Å². The fourth-order valence-electron chi connectivity index (χ4n) is 1.36. The van der Waals surface area contributed by atoms with Crippen molar-refractivity contribution in [3.8, 4) is 0 Å². The summed E-state index contributed by atoms with van der Waals surface area (Å²) in [5, 5.41) is 8.84. The Hall–Kier alpha value is -0.530. The second kappa shape index (κ2) is 6.04. The standard InChI is InChI=1S/C10H20O2/c1-4-5-6-7-9(8(2)3)10(11)12/h8-9H,4-7H2,1-3H3,(H,11,12)/t9-/m0/s1. The summed E-state index contributed by atoms with van der Waals surface area (Å²) in [6.45, 7) is 6.08. The van der Waals surface area contributed by atoms with Gasteiger partial charge in [-0.1, -0.05) is 40.0 Å². The van der Waals surface area contributed by atoms with Gasteiger partial charge in [-0.25, -0.2) is 0 Å². The number of hydrogen-bond donors (Lipinski definition) is 1. The van der Waals surface area contributed by atoms with Crippen molar-refractivity contribution >= 4 is 5.97 Å². The zero-order chi connectivity index (χ0) is 9.56. The molecule has 0 fully saturated rings. The highest BCUT2D eigenvalue weighted by atomic mass is 16.4. The molecule has 2 nitrogen and oxygen atoms in total. The quantitative estimate of drug-likeness (QED) is 0.625. The third kappa shape index (κ3) is 4.37. The molecule has 0 spiro atoms. The van der Waals surface area contributed by atoms with Gasteiger partial charge in [0.2, 0.25) is 0 Å². The van der Waals surface area contributed by atoms with Crippen LogP contribution in [0.25, 0.3) is 0 Å². The van der Waals surface area contributed by atoms with Crippen LogP contribution in [0.15, 0.2) is 0 Å². The molecular weight excluding hydrogens is 152 g/mol. The molecule has 0 aliphatic rings. The fraction of sp³-hybridized carbons (Fsp3) is 0.900. The van der Waals surface area contributed by atoms with Gasteiger partial charge in [-0.3, -0.25) is 4.79 Å². The van der Waals surface area contributed by atoms with Crippen LogP contribution < -0.4 is 0 Å². The lowest BCUT2D eigenvalue weighted by Crippen LogP contribution is -2.19. The van der Waals surface area contributed by atoms with Crippen LogP contribution in [0.2, 0.25) is 0 Å². The molecule has 0 saturated heterocycles. The van der Waals surface area contributed by atoms with Crippen LogP contribution in [-0.4, -0.2) is 11.1 Å². The van der Waals surface area contributed by atoms with Crippen LogP contribution in [0.3, 0.4) is 0 Å². The van der Waals surface area contributed by atoms with Gasteiger partial charge in [0.05, 0.1) is 5.92 Å². The van der Waals surface area contributed by atoms with Crippen molar-refractivity contribution < 1.29 is 9.90 Å². The number of rotatable bonds is 6. The fourth-order valence-corrected chi connectivity index (χ4v) is 1.36. The Kier molecular flexibility index (Phi) is 5.77. The number of aliphatic carboxylic acids is 1. The van der Waals surface area contributed by atoms with Crippen LogP contribution in [-0.2, 0) is 4.79 Å². The summed E-state index contributed by atoms with van der Waals surface area (Å²) in [6, 6.07) is 0. The second-order valence-corrected chi connectivity index (χ2v) is 3.68. The van der Waals surface area contributed by atoms with Gasteiger partial charge >= 0.3 is 5.97 Å². The first-order valence-corrected chi connectivity index (χ1v) is 4.82. The molecule has 0 saturated carbocycles. The van der Waals surface area contributed by atoms with Gasteiger partial charge < -0.3 is 5.11 Å². The topological polar surface area (TPSA) is 37.3 Å². The number of carboxylic acids is 1. The van der Waals surface area contributed by atoms with Crippen LogP contribution in [0.5, 0.6) is 0 Å². The summed E-state index contributed by atoms with van der Waals surface area (Å²) < 4.78 is 0. The Morgan fingerprint density at radius 2 is 1.92 bits per heavy atom. The van der Waals surface area contributed by atoms with Crippen LogP contribution in [0, 0.1) is 11.8 Å². The first-order chi connectivity index (χ1) is 5.59. The van der Waals surface area contributed by atoms with E-state index in [1.54, 1.807) is 0 Å². The first kappa shape index (κ1) is 11.5. The van der Waals surface area contributed by atoms with E-state index in [0.717, 1.165) is 25.7 Å². The molecule has 0 aliphatic carbocycles. The Morgan fingerprint density at radius 3 is 2.25 bits per heavy atom. The highest BCUT2D eigenvalue weighted by Crippen LogP contribution is 2.18. The van der Waals surface area contributed by atoms with E-state index in [1.807, 2.05) is 13.8 Å². The lowest BCUT2D eigenvalue weighted by molar-refractivity contribution is -0.143. The van der Waals surface area contributed by atoms with E-state index in [0.29, 0.717) is 0 Å². The first-order valence-electron chi connectivity index (χ1n) is 4.82. The summed E-state index contributed by atoms with van der Waals surface area (Å²) in [5.41, 5.74) is 0. The normalized spacial score (nSPS) is 13.3. The minimum Gasteiger partial charge on any atom is -0.481 e. The number of carbonyl (C=O) groups is 1. The lowest BCUT2D eigenvalue weighted by Gasteiger charge is -2.15. The van der Waals surface area contributed by atoms with E-state index in [4.69, 9.17) is 5.11 Å². The monoisotopic (exact) mass is 172 g/mol. The van der Waals surface area contributed by atoms with Crippen molar-refractivity contribution in [3.05, 3.63) is 0 Å². The lowest BCUT2D eigenvalue weighted by atomic mass is 9.90. The van der Waals surface area contributed by atoms with E-state index in [1.165, 1.54) is 0 Å². The van der Waals surface area contributed by atoms with E-state index < -0.39 is 5.97 Å². The summed E-state index contributed by atoms with van der Waals surface area (Å²) in [7, 11) is 0. The smallest absolute Gasteiger partial charge is 0.306 e. The zero-order valence-electron chi connectivity index (χ0n) is 8.34. The van der Waals surface area contributed by atoms with Gasteiger partial charge in [0.1, 0.15) is 0 Å². The Bertz CT molecular complexity index is 130. The largest absolute Gasteiger partial charge is 0.481 e. The van der Waals surface area contributed by atoms with Crippen molar-refractivity contribution in [1.29, 1.82) is 0 Å². The van der Waals surface area contributed by atoms with Crippen molar-refractivity contribution in [2.75, 3.05) is 0 Å². The molecule has 0 aromatic heterocycles. The summed E-state index contributed by atoms with van der Waals surface area (Å²) in [5.74, 6) is -0.517. The average Bonchev–Trinajstić information content (AvgIpc) is 1.96. The zero-order valence-corrected chi connectivity index (χ0v) is 8.34. The third-order valence-corrected chi connectivity index (χ3v) is 2.24. The predicted octanol–water partition coefficient (Wildman–Crippen LogP) is 2.92. The van der Waals surface area contributed by atoms with Crippen molar-refractivity contribution in [1.82, 2.24) is 0 Å². The maximum absolute atomic E-state index is 10.7. The van der Waals surface area contributed by atoms with E-state index in [9.17, 15) is 4.79 Å². The highest BCUT2D eigenvalue weighted by molar-refractivity contribution is 5.70. The number of carboxylic acid groups (broad SMARTS) is 1. The molecule has 0 unspecified atom stereocenters. The SMILES string of the molecule is CCCCC[C@H](C(=O)O)C(C)C. The molecule has 2 heteroatoms. The molecule has 0 rings (SSSR count). The van der Waals surface area contributed by atoms with Crippen LogP contribution in [0.4, 0.5) is 0 Å². The molecule has 1 N–H and O–H groups in total. The molecule has 0 aliphatic heterocycles. The minimum absolute atomic E-state index is 0.142. The summed E-state index contributed by atoms with van der Waals surface area (Å²) in [4.78, 5) is 10.7. The minimum atomic E-state index is -0.638. The molecule has 0 aromatic rings. The molecule has 72 valence electrons. The predicted molar refractivity (Wildman–Crippen MR) is 50.1 cm³/mol. The molecule has 0 radical (unpaired) electrons. The highest BCUT2D eigenvalue weighted by Gasteiger charge is 2.20. The van der Waals surface area contributed by atoms with E-state index >= 15 is 0 Å². The second-order valence-electron chi connectivity index (χ2n) is 3.68. The summed E-state index contributed by atoms with van der Waals surface area (Å²) in [6.07, 6.45) is 4.19. The maximum Gasteiger partial charge on any atom is 0.306 e. The van der Waals surface area contributed by atoms with Crippen LogP contribution in [0.1, 0.15) is 46.5 Å².